The molecule has 0 rings (SSSR count). The molecule has 0 saturated carbocycles. The van der Waals surface area contributed by atoms with Crippen LogP contribution in [0.4, 0.5) is 4.79 Å². The molecule has 4 heteroatoms. The van der Waals surface area contributed by atoms with Crippen molar-refractivity contribution in [3.05, 3.63) is 0 Å². The Bertz CT molecular complexity index is 142. The summed E-state index contributed by atoms with van der Waals surface area (Å²) in [6.45, 7) is 6.48. The maximum Gasteiger partial charge on any atom is 0.404 e. The molecule has 0 radical (unpaired) electrons. The van der Waals surface area contributed by atoms with Gasteiger partial charge in [0.2, 0.25) is 0 Å². The summed E-state index contributed by atoms with van der Waals surface area (Å²) in [5, 5.41) is 0. The van der Waals surface area contributed by atoms with Crippen LogP contribution in [0.3, 0.4) is 0 Å². The van der Waals surface area contributed by atoms with Crippen LogP contribution in [-0.2, 0) is 4.74 Å². The largest absolute Gasteiger partial charge is 0.449 e. The van der Waals surface area contributed by atoms with E-state index in [0.29, 0.717) is 6.61 Å². The third kappa shape index (κ3) is 5.07. The number of nitrogens with two attached hydrogens (primary N) is 1. The fraction of sp³-hybridized carbons (Fsp3) is 0.857. The van der Waals surface area contributed by atoms with Gasteiger partial charge in [-0.3, -0.25) is 0 Å². The molecule has 0 aliphatic carbocycles. The van der Waals surface area contributed by atoms with E-state index in [1.165, 1.54) is 0 Å². The topological polar surface area (TPSA) is 52.3 Å². The fourth-order valence-electron chi connectivity index (χ4n) is 0.405. The van der Waals surface area contributed by atoms with Gasteiger partial charge in [0.05, 0.1) is 4.83 Å². The second-order valence-corrected chi connectivity index (χ2v) is 4.57. The summed E-state index contributed by atoms with van der Waals surface area (Å²) in [5.41, 5.74) is 4.88. The van der Waals surface area contributed by atoms with Crippen molar-refractivity contribution >= 4 is 22.0 Å². The highest BCUT2D eigenvalue weighted by Crippen LogP contribution is 2.25. The van der Waals surface area contributed by atoms with E-state index in [9.17, 15) is 4.79 Å². The van der Waals surface area contributed by atoms with Crippen LogP contribution in [0.25, 0.3) is 0 Å². The Kier molecular flexibility index (Phi) is 3.86. The minimum atomic E-state index is -0.723. The predicted octanol–water partition coefficient (Wildman–Crippen LogP) is 1.89. The Labute approximate surface area is 75.4 Å². The number of primary amides is 1. The summed E-state index contributed by atoms with van der Waals surface area (Å²) in [6.07, 6.45) is -0.723. The average molecular weight is 224 g/mol. The van der Waals surface area contributed by atoms with Gasteiger partial charge in [-0.15, -0.1) is 0 Å². The highest BCUT2D eigenvalue weighted by molar-refractivity contribution is 9.09. The van der Waals surface area contributed by atoms with Gasteiger partial charge in [0.1, 0.15) is 6.61 Å². The number of halogens is 1. The van der Waals surface area contributed by atoms with Gasteiger partial charge >= 0.3 is 6.09 Å². The third-order valence-electron chi connectivity index (χ3n) is 1.31. The van der Waals surface area contributed by atoms with Crippen molar-refractivity contribution in [3.8, 4) is 0 Å². The molecule has 0 aromatic heterocycles. The number of amides is 1. The molecule has 0 aliphatic rings. The van der Waals surface area contributed by atoms with Crippen LogP contribution in [-0.4, -0.2) is 17.5 Å². The molecule has 1 unspecified atom stereocenters. The van der Waals surface area contributed by atoms with E-state index in [4.69, 9.17) is 5.73 Å². The third-order valence-corrected chi connectivity index (χ3v) is 2.95. The van der Waals surface area contributed by atoms with Crippen molar-refractivity contribution in [2.75, 3.05) is 6.61 Å². The van der Waals surface area contributed by atoms with Gasteiger partial charge in [-0.1, -0.05) is 36.7 Å². The first-order valence-electron chi connectivity index (χ1n) is 3.40. The lowest BCUT2D eigenvalue weighted by atomic mass is 9.93. The molecular formula is C7H14BrNO2. The molecule has 0 fully saturated rings. The lowest BCUT2D eigenvalue weighted by Gasteiger charge is -2.24. The SMILES string of the molecule is CC(C)(C)C(Br)COC(N)=O. The first-order chi connectivity index (χ1) is 4.84. The van der Waals surface area contributed by atoms with E-state index < -0.39 is 6.09 Å². The quantitative estimate of drug-likeness (QED) is 0.728. The first-order valence-corrected chi connectivity index (χ1v) is 4.32. The molecule has 2 N–H and O–H groups in total. The van der Waals surface area contributed by atoms with Gasteiger partial charge in [-0.25, -0.2) is 4.79 Å². The molecule has 3 nitrogen and oxygen atoms in total. The van der Waals surface area contributed by atoms with Crippen molar-refractivity contribution in [2.45, 2.75) is 25.6 Å². The van der Waals surface area contributed by atoms with Gasteiger partial charge < -0.3 is 10.5 Å². The Morgan fingerprint density at radius 3 is 2.36 bits per heavy atom. The lowest BCUT2D eigenvalue weighted by Crippen LogP contribution is -2.28. The predicted molar refractivity (Wildman–Crippen MR) is 47.7 cm³/mol. The molecule has 0 aromatic carbocycles. The lowest BCUT2D eigenvalue weighted by molar-refractivity contribution is 0.145. The van der Waals surface area contributed by atoms with Crippen molar-refractivity contribution in [1.82, 2.24) is 0 Å². The van der Waals surface area contributed by atoms with Crippen LogP contribution >= 0.6 is 15.9 Å². The summed E-state index contributed by atoms with van der Waals surface area (Å²) in [5.74, 6) is 0. The number of rotatable bonds is 2. The van der Waals surface area contributed by atoms with Crippen molar-refractivity contribution in [3.63, 3.8) is 0 Å². The normalized spacial score (nSPS) is 14.2. The average Bonchev–Trinajstić information content (AvgIpc) is 1.80. The number of ether oxygens (including phenoxy) is 1. The molecule has 66 valence electrons. The van der Waals surface area contributed by atoms with Crippen molar-refractivity contribution < 1.29 is 9.53 Å². The van der Waals surface area contributed by atoms with Crippen LogP contribution in [0.5, 0.6) is 0 Å². The maximum absolute atomic E-state index is 10.2. The summed E-state index contributed by atoms with van der Waals surface area (Å²) in [7, 11) is 0. The summed E-state index contributed by atoms with van der Waals surface area (Å²) >= 11 is 3.39. The van der Waals surface area contributed by atoms with E-state index >= 15 is 0 Å². The van der Waals surface area contributed by atoms with Crippen LogP contribution in [0, 0.1) is 5.41 Å². The molecule has 0 saturated heterocycles. The molecule has 0 aromatic rings. The zero-order valence-electron chi connectivity index (χ0n) is 7.06. The molecule has 11 heavy (non-hydrogen) atoms. The highest BCUT2D eigenvalue weighted by atomic mass is 79.9. The van der Waals surface area contributed by atoms with Crippen LogP contribution in [0.2, 0.25) is 0 Å². The Morgan fingerprint density at radius 1 is 1.64 bits per heavy atom. The van der Waals surface area contributed by atoms with Gasteiger partial charge in [0.25, 0.3) is 0 Å². The fourth-order valence-corrected chi connectivity index (χ4v) is 0.537. The van der Waals surface area contributed by atoms with E-state index in [0.717, 1.165) is 0 Å². The Balaban J connectivity index is 3.70. The van der Waals surface area contributed by atoms with Crippen molar-refractivity contribution in [1.29, 1.82) is 0 Å². The van der Waals surface area contributed by atoms with Gasteiger partial charge in [0.15, 0.2) is 0 Å². The van der Waals surface area contributed by atoms with E-state index in [2.05, 4.69) is 41.4 Å². The van der Waals surface area contributed by atoms with Gasteiger partial charge in [-0.2, -0.15) is 0 Å². The zero-order valence-corrected chi connectivity index (χ0v) is 8.64. The summed E-state index contributed by atoms with van der Waals surface area (Å²) in [6, 6.07) is 0. The smallest absolute Gasteiger partial charge is 0.404 e. The maximum atomic E-state index is 10.2. The second kappa shape index (κ2) is 3.95. The molecule has 1 atom stereocenters. The van der Waals surface area contributed by atoms with E-state index in [1.54, 1.807) is 0 Å². The van der Waals surface area contributed by atoms with Crippen LogP contribution in [0.15, 0.2) is 0 Å². The van der Waals surface area contributed by atoms with E-state index in [-0.39, 0.29) is 10.2 Å². The Morgan fingerprint density at radius 2 is 2.09 bits per heavy atom. The number of carbonyl (C=O) groups excluding carboxylic acids is 1. The number of hydrogen-bond acceptors (Lipinski definition) is 2. The minimum Gasteiger partial charge on any atom is -0.449 e. The van der Waals surface area contributed by atoms with Gasteiger partial charge in [-0.05, 0) is 5.41 Å². The monoisotopic (exact) mass is 223 g/mol. The number of carbonyl (C=O) groups is 1. The Hall–Kier alpha value is -0.250. The number of hydrogen-bond donors (Lipinski definition) is 1. The van der Waals surface area contributed by atoms with Gasteiger partial charge in [0, 0.05) is 0 Å². The molecule has 0 heterocycles. The first kappa shape index (κ1) is 10.8. The second-order valence-electron chi connectivity index (χ2n) is 3.46. The van der Waals surface area contributed by atoms with Crippen LogP contribution < -0.4 is 5.73 Å². The molecule has 0 aliphatic heterocycles. The summed E-state index contributed by atoms with van der Waals surface area (Å²) in [4.78, 5) is 10.4. The summed E-state index contributed by atoms with van der Waals surface area (Å²) < 4.78 is 4.62. The number of alkyl halides is 1. The standard InChI is InChI=1S/C7H14BrNO2/c1-7(2,3)5(8)4-11-6(9)10/h5H,4H2,1-3H3,(H2,9,10). The minimum absolute atomic E-state index is 0.0788. The van der Waals surface area contributed by atoms with E-state index in [1.807, 2.05) is 0 Å². The molecular weight excluding hydrogens is 210 g/mol. The molecule has 0 spiro atoms. The van der Waals surface area contributed by atoms with Crippen LogP contribution in [0.1, 0.15) is 20.8 Å². The van der Waals surface area contributed by atoms with Crippen molar-refractivity contribution in [2.24, 2.45) is 11.1 Å². The molecule has 1 amide bonds. The zero-order chi connectivity index (χ0) is 9.07. The highest BCUT2D eigenvalue weighted by Gasteiger charge is 2.22. The molecule has 0 bridgehead atoms.